The summed E-state index contributed by atoms with van der Waals surface area (Å²) in [6.45, 7) is 2.21. The Hall–Kier alpha value is -2.06. The second-order valence-electron chi connectivity index (χ2n) is 6.53. The molecule has 1 aliphatic rings. The zero-order valence-corrected chi connectivity index (χ0v) is 13.6. The third kappa shape index (κ3) is 4.70. The molecule has 1 unspecified atom stereocenters. The molecule has 2 amide bonds. The number of urea groups is 1. The average Bonchev–Trinajstić information content (AvgIpc) is 2.60. The minimum Gasteiger partial charge on any atom is -0.394 e. The number of carbonyl (C=O) groups excluding carboxylic acids is 1. The van der Waals surface area contributed by atoms with E-state index in [0.29, 0.717) is 18.0 Å². The number of nitrogens with zero attached hydrogens (tertiary/aromatic N) is 1. The molecule has 23 heavy (non-hydrogen) atoms. The van der Waals surface area contributed by atoms with Crippen molar-refractivity contribution in [1.82, 2.24) is 10.6 Å². The molecule has 0 spiro atoms. The van der Waals surface area contributed by atoms with Crippen molar-refractivity contribution in [2.24, 2.45) is 5.92 Å². The monoisotopic (exact) mass is 315 g/mol. The molecule has 124 valence electrons. The molecule has 1 atom stereocenters. The molecule has 3 N–H and O–H groups in total. The Bertz CT molecular complexity index is 576. The normalized spacial score (nSPS) is 17.8. The van der Waals surface area contributed by atoms with Gasteiger partial charge in [0.05, 0.1) is 23.8 Å². The van der Waals surface area contributed by atoms with E-state index >= 15 is 0 Å². The molecule has 1 saturated carbocycles. The lowest BCUT2D eigenvalue weighted by Gasteiger charge is -2.39. The van der Waals surface area contributed by atoms with Gasteiger partial charge in [0.25, 0.3) is 0 Å². The van der Waals surface area contributed by atoms with Crippen LogP contribution >= 0.6 is 0 Å². The van der Waals surface area contributed by atoms with E-state index in [-0.39, 0.29) is 12.6 Å². The van der Waals surface area contributed by atoms with Crippen molar-refractivity contribution in [2.45, 2.75) is 51.1 Å². The molecule has 0 saturated heterocycles. The van der Waals surface area contributed by atoms with Crippen LogP contribution in [0, 0.1) is 17.2 Å². The van der Waals surface area contributed by atoms with Crippen molar-refractivity contribution < 1.29 is 9.90 Å². The van der Waals surface area contributed by atoms with E-state index < -0.39 is 5.54 Å². The SMILES string of the molecule is CC(CO)(NC(=O)NCc1cccc(C#N)c1)C1CCCCC1. The van der Waals surface area contributed by atoms with Gasteiger partial charge >= 0.3 is 6.03 Å². The molecule has 1 aromatic carbocycles. The van der Waals surface area contributed by atoms with Crippen molar-refractivity contribution in [2.75, 3.05) is 6.61 Å². The topological polar surface area (TPSA) is 85.2 Å². The van der Waals surface area contributed by atoms with Gasteiger partial charge in [-0.15, -0.1) is 0 Å². The fourth-order valence-electron chi connectivity index (χ4n) is 3.25. The first-order chi connectivity index (χ1) is 11.1. The highest BCUT2D eigenvalue weighted by Gasteiger charge is 2.35. The molecule has 0 bridgehead atoms. The molecule has 0 radical (unpaired) electrons. The summed E-state index contributed by atoms with van der Waals surface area (Å²) in [5, 5.41) is 24.4. The van der Waals surface area contributed by atoms with Crippen LogP contribution in [-0.2, 0) is 6.54 Å². The van der Waals surface area contributed by atoms with E-state index in [1.54, 1.807) is 18.2 Å². The highest BCUT2D eigenvalue weighted by Crippen LogP contribution is 2.32. The maximum atomic E-state index is 12.2. The Morgan fingerprint density at radius 3 is 2.78 bits per heavy atom. The van der Waals surface area contributed by atoms with Gasteiger partial charge in [0.1, 0.15) is 0 Å². The number of hydrogen-bond acceptors (Lipinski definition) is 3. The number of carbonyl (C=O) groups is 1. The van der Waals surface area contributed by atoms with Gasteiger partial charge in [-0.1, -0.05) is 31.4 Å². The van der Waals surface area contributed by atoms with Gasteiger partial charge in [0, 0.05) is 6.54 Å². The fourth-order valence-corrected chi connectivity index (χ4v) is 3.25. The lowest BCUT2D eigenvalue weighted by molar-refractivity contribution is 0.101. The number of amides is 2. The molecule has 5 heteroatoms. The molecular weight excluding hydrogens is 290 g/mol. The van der Waals surface area contributed by atoms with E-state index in [1.165, 1.54) is 6.42 Å². The highest BCUT2D eigenvalue weighted by atomic mass is 16.3. The first-order valence-corrected chi connectivity index (χ1v) is 8.23. The molecular formula is C18H25N3O2. The number of aliphatic hydroxyl groups is 1. The van der Waals surface area contributed by atoms with Crippen LogP contribution in [0.15, 0.2) is 24.3 Å². The number of nitrogens with one attached hydrogen (secondary N) is 2. The van der Waals surface area contributed by atoms with Gasteiger partial charge in [-0.05, 0) is 43.4 Å². The minimum atomic E-state index is -0.584. The summed E-state index contributed by atoms with van der Waals surface area (Å²) in [5.41, 5.74) is 0.869. The lowest BCUT2D eigenvalue weighted by Crippen LogP contribution is -2.57. The number of aliphatic hydroxyl groups excluding tert-OH is 1. The maximum absolute atomic E-state index is 12.2. The Morgan fingerprint density at radius 2 is 2.13 bits per heavy atom. The van der Waals surface area contributed by atoms with E-state index in [9.17, 15) is 9.90 Å². The van der Waals surface area contributed by atoms with Crippen LogP contribution in [0.1, 0.15) is 50.2 Å². The van der Waals surface area contributed by atoms with Crippen LogP contribution < -0.4 is 10.6 Å². The molecule has 1 aromatic rings. The lowest BCUT2D eigenvalue weighted by atomic mass is 9.76. The summed E-state index contributed by atoms with van der Waals surface area (Å²) in [6.07, 6.45) is 5.64. The van der Waals surface area contributed by atoms with Gasteiger partial charge < -0.3 is 15.7 Å². The van der Waals surface area contributed by atoms with E-state index in [4.69, 9.17) is 5.26 Å². The number of benzene rings is 1. The zero-order chi connectivity index (χ0) is 16.7. The van der Waals surface area contributed by atoms with E-state index in [0.717, 1.165) is 31.2 Å². The maximum Gasteiger partial charge on any atom is 0.315 e. The van der Waals surface area contributed by atoms with Crippen LogP contribution in [0.2, 0.25) is 0 Å². The molecule has 0 aliphatic heterocycles. The van der Waals surface area contributed by atoms with E-state index in [1.807, 2.05) is 13.0 Å². The Balaban J connectivity index is 1.90. The Kier molecular flexibility index (Phi) is 6.00. The highest BCUT2D eigenvalue weighted by molar-refractivity contribution is 5.74. The van der Waals surface area contributed by atoms with Crippen LogP contribution in [0.4, 0.5) is 4.79 Å². The summed E-state index contributed by atoms with van der Waals surface area (Å²) in [4.78, 5) is 12.2. The quantitative estimate of drug-likeness (QED) is 0.781. The predicted molar refractivity (Wildman–Crippen MR) is 88.6 cm³/mol. The van der Waals surface area contributed by atoms with Crippen molar-refractivity contribution in [3.8, 4) is 6.07 Å². The first kappa shape index (κ1) is 17.3. The average molecular weight is 315 g/mol. The van der Waals surface area contributed by atoms with Crippen molar-refractivity contribution in [1.29, 1.82) is 5.26 Å². The molecule has 0 aromatic heterocycles. The summed E-state index contributed by atoms with van der Waals surface area (Å²) in [6, 6.07) is 8.96. The smallest absolute Gasteiger partial charge is 0.315 e. The molecule has 1 fully saturated rings. The van der Waals surface area contributed by atoms with Gasteiger partial charge in [0.15, 0.2) is 0 Å². The van der Waals surface area contributed by atoms with Crippen molar-refractivity contribution in [3.63, 3.8) is 0 Å². The summed E-state index contributed by atoms with van der Waals surface area (Å²) < 4.78 is 0. The Labute approximate surface area is 137 Å². The molecule has 0 heterocycles. The van der Waals surface area contributed by atoms with E-state index in [2.05, 4.69) is 16.7 Å². The largest absolute Gasteiger partial charge is 0.394 e. The third-order valence-electron chi connectivity index (χ3n) is 4.74. The van der Waals surface area contributed by atoms with Crippen molar-refractivity contribution in [3.05, 3.63) is 35.4 Å². The van der Waals surface area contributed by atoms with Crippen LogP contribution in [0.5, 0.6) is 0 Å². The fraction of sp³-hybridized carbons (Fsp3) is 0.556. The summed E-state index contributed by atoms with van der Waals surface area (Å²) in [5.74, 6) is 0.314. The standard InChI is InChI=1S/C18H25N3O2/c1-18(13-22,16-8-3-2-4-9-16)21-17(23)20-12-15-7-5-6-14(10-15)11-19/h5-7,10,16,22H,2-4,8-9,12-13H2,1H3,(H2,20,21,23). The second-order valence-corrected chi connectivity index (χ2v) is 6.53. The van der Waals surface area contributed by atoms with Gasteiger partial charge in [-0.2, -0.15) is 5.26 Å². The predicted octanol–water partition coefficient (Wildman–Crippen LogP) is 2.69. The summed E-state index contributed by atoms with van der Waals surface area (Å²) in [7, 11) is 0. The number of rotatable bonds is 5. The summed E-state index contributed by atoms with van der Waals surface area (Å²) >= 11 is 0. The van der Waals surface area contributed by atoms with Crippen LogP contribution in [0.3, 0.4) is 0 Å². The van der Waals surface area contributed by atoms with Crippen LogP contribution in [-0.4, -0.2) is 23.3 Å². The molecule has 5 nitrogen and oxygen atoms in total. The number of nitriles is 1. The Morgan fingerprint density at radius 1 is 1.39 bits per heavy atom. The molecule has 1 aliphatic carbocycles. The third-order valence-corrected chi connectivity index (χ3v) is 4.74. The second kappa shape index (κ2) is 7.98. The first-order valence-electron chi connectivity index (χ1n) is 8.23. The van der Waals surface area contributed by atoms with Gasteiger partial charge in [-0.3, -0.25) is 0 Å². The van der Waals surface area contributed by atoms with Crippen molar-refractivity contribution >= 4 is 6.03 Å². The minimum absolute atomic E-state index is 0.0605. The van der Waals surface area contributed by atoms with Crippen LogP contribution in [0.25, 0.3) is 0 Å². The molecule has 2 rings (SSSR count). The van der Waals surface area contributed by atoms with Gasteiger partial charge in [-0.25, -0.2) is 4.79 Å². The zero-order valence-electron chi connectivity index (χ0n) is 13.6. The number of hydrogen-bond donors (Lipinski definition) is 3. The van der Waals surface area contributed by atoms with Gasteiger partial charge in [0.2, 0.25) is 0 Å².